The van der Waals surface area contributed by atoms with Crippen LogP contribution in [-0.4, -0.2) is 31.6 Å². The van der Waals surface area contributed by atoms with Crippen LogP contribution in [0.4, 0.5) is 0 Å². The average molecular weight is 197 g/mol. The van der Waals surface area contributed by atoms with Crippen LogP contribution in [-0.2, 0) is 9.53 Å². The van der Waals surface area contributed by atoms with Crippen LogP contribution in [0.15, 0.2) is 12.7 Å². The van der Waals surface area contributed by atoms with Gasteiger partial charge in [-0.2, -0.15) is 0 Å². The summed E-state index contributed by atoms with van der Waals surface area (Å²) in [5.41, 5.74) is 0. The minimum atomic E-state index is 0.236. The molecule has 0 aromatic carbocycles. The van der Waals surface area contributed by atoms with E-state index >= 15 is 0 Å². The number of hydrogen-bond acceptors (Lipinski definition) is 3. The Morgan fingerprint density at radius 1 is 1.64 bits per heavy atom. The highest BCUT2D eigenvalue weighted by atomic mass is 16.5. The summed E-state index contributed by atoms with van der Waals surface area (Å²) in [6.45, 7) is 5.93. The van der Waals surface area contributed by atoms with Crippen molar-refractivity contribution >= 4 is 5.78 Å². The number of hydrogen-bond donors (Lipinski definition) is 1. The number of rotatable bonds is 6. The Balaban J connectivity index is 2.09. The summed E-state index contributed by atoms with van der Waals surface area (Å²) >= 11 is 0. The molecule has 1 aliphatic heterocycles. The van der Waals surface area contributed by atoms with Gasteiger partial charge < -0.3 is 10.1 Å². The van der Waals surface area contributed by atoms with E-state index in [1.54, 1.807) is 0 Å². The van der Waals surface area contributed by atoms with E-state index in [0.29, 0.717) is 25.2 Å². The van der Waals surface area contributed by atoms with E-state index in [-0.39, 0.29) is 6.04 Å². The number of carbonyl (C=O) groups excluding carboxylic acids is 1. The quantitative estimate of drug-likeness (QED) is 0.515. The summed E-state index contributed by atoms with van der Waals surface area (Å²) in [6.07, 6.45) is 4.99. The van der Waals surface area contributed by atoms with E-state index in [1.807, 2.05) is 6.08 Å². The van der Waals surface area contributed by atoms with Gasteiger partial charge in [0, 0.05) is 25.4 Å². The molecule has 3 nitrogen and oxygen atoms in total. The van der Waals surface area contributed by atoms with E-state index in [9.17, 15) is 4.79 Å². The Bertz CT molecular complexity index is 186. The van der Waals surface area contributed by atoms with Gasteiger partial charge in [0.15, 0.2) is 0 Å². The molecular formula is C11H19NO2. The Morgan fingerprint density at radius 2 is 2.50 bits per heavy atom. The zero-order valence-corrected chi connectivity index (χ0v) is 8.63. The zero-order chi connectivity index (χ0) is 10.2. The lowest BCUT2D eigenvalue weighted by atomic mass is 10.1. The van der Waals surface area contributed by atoms with Gasteiger partial charge in [0.1, 0.15) is 5.78 Å². The van der Waals surface area contributed by atoms with Crippen molar-refractivity contribution in [2.24, 2.45) is 0 Å². The lowest BCUT2D eigenvalue weighted by molar-refractivity contribution is -0.120. The molecule has 0 amide bonds. The largest absolute Gasteiger partial charge is 0.379 e. The second kappa shape index (κ2) is 6.74. The monoisotopic (exact) mass is 197 g/mol. The number of ether oxygens (including phenoxy) is 1. The van der Waals surface area contributed by atoms with Gasteiger partial charge in [-0.25, -0.2) is 0 Å². The van der Waals surface area contributed by atoms with Gasteiger partial charge in [-0.3, -0.25) is 4.79 Å². The fourth-order valence-corrected chi connectivity index (χ4v) is 1.57. The SMILES string of the molecule is C=CCCCC(=O)CC1COCCN1. The van der Waals surface area contributed by atoms with Gasteiger partial charge >= 0.3 is 0 Å². The van der Waals surface area contributed by atoms with Crippen molar-refractivity contribution in [1.82, 2.24) is 5.32 Å². The van der Waals surface area contributed by atoms with Crippen molar-refractivity contribution in [3.63, 3.8) is 0 Å². The fraction of sp³-hybridized carbons (Fsp3) is 0.727. The first-order valence-corrected chi connectivity index (χ1v) is 5.26. The molecule has 1 atom stereocenters. The third kappa shape index (κ3) is 4.53. The maximum atomic E-state index is 11.5. The van der Waals surface area contributed by atoms with Gasteiger partial charge in [0.25, 0.3) is 0 Å². The highest BCUT2D eigenvalue weighted by Gasteiger charge is 2.15. The van der Waals surface area contributed by atoms with Gasteiger partial charge in [0.2, 0.25) is 0 Å². The second-order valence-corrected chi connectivity index (χ2v) is 3.65. The summed E-state index contributed by atoms with van der Waals surface area (Å²) in [7, 11) is 0. The number of carbonyl (C=O) groups is 1. The molecule has 0 radical (unpaired) electrons. The highest BCUT2D eigenvalue weighted by Crippen LogP contribution is 2.04. The standard InChI is InChI=1S/C11H19NO2/c1-2-3-4-5-11(13)8-10-9-14-7-6-12-10/h2,10,12H,1,3-9H2. The van der Waals surface area contributed by atoms with E-state index in [4.69, 9.17) is 4.74 Å². The number of morpholine rings is 1. The van der Waals surface area contributed by atoms with Crippen LogP contribution in [0.1, 0.15) is 25.7 Å². The number of nitrogens with one attached hydrogen (secondary N) is 1. The molecule has 1 saturated heterocycles. The zero-order valence-electron chi connectivity index (χ0n) is 8.63. The highest BCUT2D eigenvalue weighted by molar-refractivity contribution is 5.79. The van der Waals surface area contributed by atoms with Crippen LogP contribution in [0.3, 0.4) is 0 Å². The first kappa shape index (κ1) is 11.4. The molecule has 1 fully saturated rings. The molecule has 80 valence electrons. The number of unbranched alkanes of at least 4 members (excludes halogenated alkanes) is 1. The Hall–Kier alpha value is -0.670. The van der Waals surface area contributed by atoms with Crippen molar-refractivity contribution < 1.29 is 9.53 Å². The second-order valence-electron chi connectivity index (χ2n) is 3.65. The molecule has 1 rings (SSSR count). The number of allylic oxidation sites excluding steroid dienone is 1. The summed E-state index contributed by atoms with van der Waals surface area (Å²) in [6, 6.07) is 0.236. The van der Waals surface area contributed by atoms with Crippen molar-refractivity contribution in [3.8, 4) is 0 Å². The fourth-order valence-electron chi connectivity index (χ4n) is 1.57. The smallest absolute Gasteiger partial charge is 0.134 e. The molecular weight excluding hydrogens is 178 g/mol. The summed E-state index contributed by atoms with van der Waals surface area (Å²) in [5.74, 6) is 0.329. The van der Waals surface area contributed by atoms with Crippen molar-refractivity contribution in [1.29, 1.82) is 0 Å². The molecule has 1 N–H and O–H groups in total. The molecule has 1 unspecified atom stereocenters. The molecule has 0 spiro atoms. The van der Waals surface area contributed by atoms with E-state index in [1.165, 1.54) is 0 Å². The third-order valence-electron chi connectivity index (χ3n) is 2.34. The lowest BCUT2D eigenvalue weighted by Gasteiger charge is -2.23. The number of Topliss-reactive ketones (excluding diaryl/α,β-unsaturated/α-hetero) is 1. The molecule has 0 saturated carbocycles. The average Bonchev–Trinajstić information content (AvgIpc) is 2.20. The Labute approximate surface area is 85.5 Å². The normalized spacial score (nSPS) is 21.9. The molecule has 14 heavy (non-hydrogen) atoms. The maximum Gasteiger partial charge on any atom is 0.134 e. The number of ketones is 1. The van der Waals surface area contributed by atoms with Crippen molar-refractivity contribution in [3.05, 3.63) is 12.7 Å². The molecule has 0 aromatic rings. The van der Waals surface area contributed by atoms with Crippen LogP contribution in [0.2, 0.25) is 0 Å². The summed E-state index contributed by atoms with van der Waals surface area (Å²) in [4.78, 5) is 11.5. The Kier molecular flexibility index (Phi) is 5.49. The molecule has 3 heteroatoms. The van der Waals surface area contributed by atoms with E-state index in [0.717, 1.165) is 26.0 Å². The van der Waals surface area contributed by atoms with E-state index in [2.05, 4.69) is 11.9 Å². The minimum absolute atomic E-state index is 0.236. The van der Waals surface area contributed by atoms with Crippen LogP contribution in [0, 0.1) is 0 Å². The van der Waals surface area contributed by atoms with E-state index < -0.39 is 0 Å². The minimum Gasteiger partial charge on any atom is -0.379 e. The summed E-state index contributed by atoms with van der Waals surface area (Å²) < 4.78 is 5.28. The lowest BCUT2D eigenvalue weighted by Crippen LogP contribution is -2.42. The van der Waals surface area contributed by atoms with Gasteiger partial charge in [-0.15, -0.1) is 6.58 Å². The molecule has 1 aliphatic rings. The van der Waals surface area contributed by atoms with Crippen molar-refractivity contribution in [2.75, 3.05) is 19.8 Å². The molecule has 0 aliphatic carbocycles. The topological polar surface area (TPSA) is 38.3 Å². The predicted molar refractivity (Wildman–Crippen MR) is 56.3 cm³/mol. The molecule has 0 aromatic heterocycles. The van der Waals surface area contributed by atoms with Crippen LogP contribution < -0.4 is 5.32 Å². The first-order valence-electron chi connectivity index (χ1n) is 5.26. The van der Waals surface area contributed by atoms with Gasteiger partial charge in [-0.05, 0) is 12.8 Å². The molecule has 1 heterocycles. The predicted octanol–water partition coefficient (Wildman–Crippen LogP) is 1.29. The van der Waals surface area contributed by atoms with Gasteiger partial charge in [-0.1, -0.05) is 6.08 Å². The van der Waals surface area contributed by atoms with Crippen molar-refractivity contribution in [2.45, 2.75) is 31.7 Å². The summed E-state index contributed by atoms with van der Waals surface area (Å²) in [5, 5.41) is 3.27. The maximum absolute atomic E-state index is 11.5. The van der Waals surface area contributed by atoms with Crippen LogP contribution in [0.5, 0.6) is 0 Å². The van der Waals surface area contributed by atoms with Gasteiger partial charge in [0.05, 0.1) is 13.2 Å². The Morgan fingerprint density at radius 3 is 3.14 bits per heavy atom. The molecule has 0 bridgehead atoms. The third-order valence-corrected chi connectivity index (χ3v) is 2.34. The first-order chi connectivity index (χ1) is 6.83. The van der Waals surface area contributed by atoms with Crippen LogP contribution >= 0.6 is 0 Å². The van der Waals surface area contributed by atoms with Crippen LogP contribution in [0.25, 0.3) is 0 Å².